The molecule has 0 aromatic carbocycles. The summed E-state index contributed by atoms with van der Waals surface area (Å²) in [7, 11) is 0. The number of nitrogens with one attached hydrogen (secondary N) is 1. The lowest BCUT2D eigenvalue weighted by molar-refractivity contribution is 0.0857. The Bertz CT molecular complexity index is 491. The van der Waals surface area contributed by atoms with Crippen LogP contribution < -0.4 is 5.32 Å². The van der Waals surface area contributed by atoms with Gasteiger partial charge in [0.2, 0.25) is 0 Å². The molecular weight excluding hydrogens is 268 g/mol. The number of carbonyl (C=O) groups is 1. The van der Waals surface area contributed by atoms with Crippen molar-refractivity contribution in [3.05, 3.63) is 15.6 Å². The Morgan fingerprint density at radius 2 is 2.10 bits per heavy atom. The molecule has 1 N–H and O–H groups in total. The second kappa shape index (κ2) is 5.84. The summed E-state index contributed by atoms with van der Waals surface area (Å²) in [4.78, 5) is 17.8. The van der Waals surface area contributed by atoms with E-state index in [1.54, 1.807) is 11.3 Å². The molecule has 112 valence electrons. The molecular formula is C16H26N2OS. The van der Waals surface area contributed by atoms with E-state index in [-0.39, 0.29) is 17.4 Å². The zero-order valence-electron chi connectivity index (χ0n) is 13.2. The van der Waals surface area contributed by atoms with Gasteiger partial charge in [-0.1, -0.05) is 40.5 Å². The first-order valence-electron chi connectivity index (χ1n) is 7.59. The molecule has 1 saturated carbocycles. The van der Waals surface area contributed by atoms with Gasteiger partial charge in [0.1, 0.15) is 4.88 Å². The molecule has 1 amide bonds. The smallest absolute Gasteiger partial charge is 0.263 e. The van der Waals surface area contributed by atoms with Gasteiger partial charge in [-0.25, -0.2) is 4.98 Å². The van der Waals surface area contributed by atoms with Crippen LogP contribution in [0.15, 0.2) is 0 Å². The van der Waals surface area contributed by atoms with Gasteiger partial charge < -0.3 is 5.32 Å². The number of hydrogen-bond donors (Lipinski definition) is 1. The van der Waals surface area contributed by atoms with Crippen LogP contribution in [0.4, 0.5) is 0 Å². The van der Waals surface area contributed by atoms with E-state index in [1.807, 2.05) is 6.92 Å². The van der Waals surface area contributed by atoms with Crippen molar-refractivity contribution in [1.82, 2.24) is 10.3 Å². The van der Waals surface area contributed by atoms with Gasteiger partial charge in [0.05, 0.1) is 10.7 Å². The molecule has 0 radical (unpaired) electrons. The first kappa shape index (κ1) is 15.5. The van der Waals surface area contributed by atoms with Gasteiger partial charge >= 0.3 is 0 Å². The SMILES string of the molecule is Cc1nc(C(C)C)sc1C(=O)NC1CCCCC1(C)C. The minimum Gasteiger partial charge on any atom is -0.348 e. The molecule has 1 atom stereocenters. The molecule has 0 spiro atoms. The summed E-state index contributed by atoms with van der Waals surface area (Å²) in [6.07, 6.45) is 4.77. The van der Waals surface area contributed by atoms with Gasteiger partial charge in [-0.2, -0.15) is 0 Å². The highest BCUT2D eigenvalue weighted by molar-refractivity contribution is 7.13. The van der Waals surface area contributed by atoms with Crippen molar-refractivity contribution in [2.24, 2.45) is 5.41 Å². The third-order valence-electron chi connectivity index (χ3n) is 4.33. The Morgan fingerprint density at radius 1 is 1.40 bits per heavy atom. The van der Waals surface area contributed by atoms with Crippen molar-refractivity contribution in [1.29, 1.82) is 0 Å². The zero-order valence-corrected chi connectivity index (χ0v) is 14.1. The van der Waals surface area contributed by atoms with Crippen LogP contribution in [-0.4, -0.2) is 16.9 Å². The average Bonchev–Trinajstić information content (AvgIpc) is 2.74. The second-order valence-electron chi connectivity index (χ2n) is 6.88. The second-order valence-corrected chi connectivity index (χ2v) is 7.91. The summed E-state index contributed by atoms with van der Waals surface area (Å²) in [5.41, 5.74) is 1.07. The minimum atomic E-state index is 0.0619. The number of thiazole rings is 1. The Labute approximate surface area is 126 Å². The first-order valence-corrected chi connectivity index (χ1v) is 8.41. The third-order valence-corrected chi connectivity index (χ3v) is 5.78. The normalized spacial score (nSPS) is 22.0. The number of nitrogens with zero attached hydrogens (tertiary/aromatic N) is 1. The van der Waals surface area contributed by atoms with E-state index in [2.05, 4.69) is 38.0 Å². The van der Waals surface area contributed by atoms with E-state index in [0.29, 0.717) is 5.92 Å². The topological polar surface area (TPSA) is 42.0 Å². The van der Waals surface area contributed by atoms with Crippen LogP contribution in [0.5, 0.6) is 0 Å². The Morgan fingerprint density at radius 3 is 2.65 bits per heavy atom. The molecule has 2 rings (SSSR count). The predicted octanol–water partition coefficient (Wildman–Crippen LogP) is 4.27. The van der Waals surface area contributed by atoms with Crippen LogP contribution in [0.25, 0.3) is 0 Å². The number of hydrogen-bond acceptors (Lipinski definition) is 3. The van der Waals surface area contributed by atoms with E-state index in [0.717, 1.165) is 22.0 Å². The first-order chi connectivity index (χ1) is 9.31. The molecule has 20 heavy (non-hydrogen) atoms. The molecule has 0 saturated heterocycles. The van der Waals surface area contributed by atoms with Crippen LogP contribution in [0.3, 0.4) is 0 Å². The predicted molar refractivity (Wildman–Crippen MR) is 84.4 cm³/mol. The Kier molecular flexibility index (Phi) is 4.52. The van der Waals surface area contributed by atoms with Crippen LogP contribution in [-0.2, 0) is 0 Å². The Hall–Kier alpha value is -0.900. The van der Waals surface area contributed by atoms with Crippen molar-refractivity contribution in [2.75, 3.05) is 0 Å². The van der Waals surface area contributed by atoms with Crippen LogP contribution in [0.1, 0.15) is 79.7 Å². The highest BCUT2D eigenvalue weighted by Crippen LogP contribution is 2.36. The molecule has 0 bridgehead atoms. The van der Waals surface area contributed by atoms with Crippen molar-refractivity contribution in [3.63, 3.8) is 0 Å². The van der Waals surface area contributed by atoms with E-state index in [4.69, 9.17) is 0 Å². The molecule has 1 aliphatic rings. The zero-order chi connectivity index (χ0) is 14.9. The number of amides is 1. The summed E-state index contributed by atoms with van der Waals surface area (Å²) in [6, 6.07) is 0.285. The monoisotopic (exact) mass is 294 g/mol. The fourth-order valence-corrected chi connectivity index (χ4v) is 3.83. The van der Waals surface area contributed by atoms with Gasteiger partial charge in [-0.15, -0.1) is 11.3 Å². The largest absolute Gasteiger partial charge is 0.348 e. The quantitative estimate of drug-likeness (QED) is 0.904. The third kappa shape index (κ3) is 3.22. The van der Waals surface area contributed by atoms with Gasteiger partial charge in [0.25, 0.3) is 5.91 Å². The summed E-state index contributed by atoms with van der Waals surface area (Å²) in [6.45, 7) is 10.7. The molecule has 3 nitrogen and oxygen atoms in total. The van der Waals surface area contributed by atoms with Crippen LogP contribution in [0, 0.1) is 12.3 Å². The van der Waals surface area contributed by atoms with Crippen molar-refractivity contribution >= 4 is 17.2 Å². The van der Waals surface area contributed by atoms with Gasteiger partial charge in [0, 0.05) is 12.0 Å². The lowest BCUT2D eigenvalue weighted by atomic mass is 9.73. The molecule has 0 aliphatic heterocycles. The van der Waals surface area contributed by atoms with E-state index < -0.39 is 0 Å². The van der Waals surface area contributed by atoms with E-state index in [1.165, 1.54) is 19.3 Å². The maximum atomic E-state index is 12.5. The molecule has 1 aromatic rings. The number of aromatic nitrogens is 1. The summed E-state index contributed by atoms with van der Waals surface area (Å²) in [5, 5.41) is 4.30. The fraction of sp³-hybridized carbons (Fsp3) is 0.750. The van der Waals surface area contributed by atoms with Gasteiger partial charge in [-0.05, 0) is 25.2 Å². The lowest BCUT2D eigenvalue weighted by Gasteiger charge is -2.38. The number of rotatable bonds is 3. The summed E-state index contributed by atoms with van der Waals surface area (Å²) < 4.78 is 0. The van der Waals surface area contributed by atoms with Gasteiger partial charge in [0.15, 0.2) is 0 Å². The Balaban J connectivity index is 2.12. The van der Waals surface area contributed by atoms with Crippen molar-refractivity contribution < 1.29 is 4.79 Å². The molecule has 1 heterocycles. The van der Waals surface area contributed by atoms with Crippen LogP contribution >= 0.6 is 11.3 Å². The maximum absolute atomic E-state index is 12.5. The summed E-state index contributed by atoms with van der Waals surface area (Å²) >= 11 is 1.54. The summed E-state index contributed by atoms with van der Waals surface area (Å²) in [5.74, 6) is 0.443. The fourth-order valence-electron chi connectivity index (χ4n) is 2.86. The van der Waals surface area contributed by atoms with E-state index in [9.17, 15) is 4.79 Å². The van der Waals surface area contributed by atoms with Gasteiger partial charge in [-0.3, -0.25) is 4.79 Å². The molecule has 1 fully saturated rings. The molecule has 4 heteroatoms. The number of aryl methyl sites for hydroxylation is 1. The molecule has 1 unspecified atom stereocenters. The highest BCUT2D eigenvalue weighted by atomic mass is 32.1. The standard InChI is InChI=1S/C16H26N2OS/c1-10(2)15-17-11(3)13(20-15)14(19)18-12-8-6-7-9-16(12,4)5/h10,12H,6-9H2,1-5H3,(H,18,19). The molecule has 1 aliphatic carbocycles. The van der Waals surface area contributed by atoms with Crippen molar-refractivity contribution in [3.8, 4) is 0 Å². The maximum Gasteiger partial charge on any atom is 0.263 e. The van der Waals surface area contributed by atoms with E-state index >= 15 is 0 Å². The average molecular weight is 294 g/mol. The minimum absolute atomic E-state index is 0.0619. The molecule has 1 aromatic heterocycles. The highest BCUT2D eigenvalue weighted by Gasteiger charge is 2.33. The van der Waals surface area contributed by atoms with Crippen LogP contribution in [0.2, 0.25) is 0 Å². The van der Waals surface area contributed by atoms with Crippen molar-refractivity contribution in [2.45, 2.75) is 72.3 Å². The lowest BCUT2D eigenvalue weighted by Crippen LogP contribution is -2.46. The number of carbonyl (C=O) groups excluding carboxylic acids is 1.